The smallest absolute Gasteiger partial charge is 0.307 e. The largest absolute Gasteiger partial charge is 0.355 e. The van der Waals surface area contributed by atoms with Crippen molar-refractivity contribution in [1.82, 2.24) is 20.1 Å². The number of hydrogen-bond donors (Lipinski definition) is 2. The second-order valence-electron chi connectivity index (χ2n) is 4.70. The maximum Gasteiger partial charge on any atom is 0.307 e. The van der Waals surface area contributed by atoms with Crippen LogP contribution in [0.2, 0.25) is 0 Å². The third-order valence-corrected chi connectivity index (χ3v) is 4.04. The summed E-state index contributed by atoms with van der Waals surface area (Å²) in [5.41, 5.74) is 3.06. The van der Waals surface area contributed by atoms with Gasteiger partial charge in [-0.3, -0.25) is 19.3 Å². The van der Waals surface area contributed by atoms with Gasteiger partial charge in [0, 0.05) is 23.3 Å². The zero-order valence-electron chi connectivity index (χ0n) is 11.6. The zero-order valence-corrected chi connectivity index (χ0v) is 12.4. The van der Waals surface area contributed by atoms with E-state index in [-0.39, 0.29) is 17.3 Å². The van der Waals surface area contributed by atoms with Gasteiger partial charge in [-0.15, -0.1) is 0 Å². The van der Waals surface area contributed by atoms with Gasteiger partial charge in [0.2, 0.25) is 5.91 Å². The van der Waals surface area contributed by atoms with Gasteiger partial charge in [-0.1, -0.05) is 11.3 Å². The highest BCUT2D eigenvalue weighted by atomic mass is 32.1. The standard InChI is InChI=1S/C13H18N4O2S/c1-9-8-20-13(19)17(9)7-12(18)14-5-3-4-11-6-15-16-10(11)2/h6,8H,3-5,7H2,1-2H3,(H,14,18)(H,15,16). The number of aromatic amines is 1. The molecule has 2 aromatic rings. The Labute approximate surface area is 120 Å². The van der Waals surface area contributed by atoms with Crippen molar-refractivity contribution in [3.63, 3.8) is 0 Å². The minimum absolute atomic E-state index is 0.0910. The van der Waals surface area contributed by atoms with E-state index in [2.05, 4.69) is 15.5 Å². The molecule has 0 saturated carbocycles. The molecule has 2 aromatic heterocycles. The number of aromatic nitrogens is 3. The van der Waals surface area contributed by atoms with Gasteiger partial charge in [-0.25, -0.2) is 0 Å². The molecule has 0 unspecified atom stereocenters. The van der Waals surface area contributed by atoms with Crippen LogP contribution in [-0.4, -0.2) is 27.2 Å². The van der Waals surface area contributed by atoms with Crippen LogP contribution in [-0.2, 0) is 17.8 Å². The second kappa shape index (κ2) is 6.51. The highest BCUT2D eigenvalue weighted by Crippen LogP contribution is 2.05. The molecule has 0 aromatic carbocycles. The number of nitrogens with zero attached hydrogens (tertiary/aromatic N) is 2. The summed E-state index contributed by atoms with van der Waals surface area (Å²) in [6, 6.07) is 0. The maximum atomic E-state index is 11.8. The molecule has 1 amide bonds. The molecule has 7 heteroatoms. The number of aryl methyl sites for hydroxylation is 3. The molecule has 6 nitrogen and oxygen atoms in total. The summed E-state index contributed by atoms with van der Waals surface area (Å²) < 4.78 is 1.49. The van der Waals surface area contributed by atoms with Crippen LogP contribution in [0, 0.1) is 13.8 Å². The number of amides is 1. The van der Waals surface area contributed by atoms with Crippen LogP contribution in [0.4, 0.5) is 0 Å². The third-order valence-electron chi connectivity index (χ3n) is 3.16. The first-order valence-corrected chi connectivity index (χ1v) is 7.36. The van der Waals surface area contributed by atoms with E-state index in [0.717, 1.165) is 35.6 Å². The van der Waals surface area contributed by atoms with E-state index in [1.807, 2.05) is 20.0 Å². The first kappa shape index (κ1) is 14.5. The van der Waals surface area contributed by atoms with Crippen molar-refractivity contribution >= 4 is 17.2 Å². The minimum atomic E-state index is -0.127. The lowest BCUT2D eigenvalue weighted by molar-refractivity contribution is -0.121. The molecule has 2 N–H and O–H groups in total. The number of H-pyrrole nitrogens is 1. The summed E-state index contributed by atoms with van der Waals surface area (Å²) in [5.74, 6) is -0.127. The topological polar surface area (TPSA) is 79.8 Å². The molecule has 0 atom stereocenters. The minimum Gasteiger partial charge on any atom is -0.355 e. The fourth-order valence-electron chi connectivity index (χ4n) is 1.93. The van der Waals surface area contributed by atoms with Crippen LogP contribution in [0.15, 0.2) is 16.4 Å². The van der Waals surface area contributed by atoms with Gasteiger partial charge in [0.1, 0.15) is 6.54 Å². The number of rotatable bonds is 6. The number of thiazole rings is 1. The van der Waals surface area contributed by atoms with Crippen LogP contribution >= 0.6 is 11.3 Å². The molecular formula is C13H18N4O2S. The van der Waals surface area contributed by atoms with Crippen molar-refractivity contribution in [2.45, 2.75) is 33.2 Å². The fraction of sp³-hybridized carbons (Fsp3) is 0.462. The van der Waals surface area contributed by atoms with E-state index in [0.29, 0.717) is 6.54 Å². The highest BCUT2D eigenvalue weighted by molar-refractivity contribution is 7.07. The van der Waals surface area contributed by atoms with Gasteiger partial charge < -0.3 is 5.32 Å². The first-order chi connectivity index (χ1) is 9.58. The average Bonchev–Trinajstić information content (AvgIpc) is 2.95. The highest BCUT2D eigenvalue weighted by Gasteiger charge is 2.08. The van der Waals surface area contributed by atoms with E-state index in [4.69, 9.17) is 0 Å². The number of carbonyl (C=O) groups excluding carboxylic acids is 1. The summed E-state index contributed by atoms with van der Waals surface area (Å²) in [6.45, 7) is 4.50. The predicted octanol–water partition coefficient (Wildman–Crippen LogP) is 0.999. The van der Waals surface area contributed by atoms with E-state index < -0.39 is 0 Å². The Morgan fingerprint density at radius 1 is 1.50 bits per heavy atom. The number of nitrogens with one attached hydrogen (secondary N) is 2. The fourth-order valence-corrected chi connectivity index (χ4v) is 2.66. The summed E-state index contributed by atoms with van der Waals surface area (Å²) >= 11 is 1.12. The maximum absolute atomic E-state index is 11.8. The molecule has 0 aliphatic rings. The molecule has 0 bridgehead atoms. The molecule has 0 aliphatic carbocycles. The average molecular weight is 294 g/mol. The zero-order chi connectivity index (χ0) is 14.5. The van der Waals surface area contributed by atoms with E-state index in [1.165, 1.54) is 10.1 Å². The molecule has 2 heterocycles. The van der Waals surface area contributed by atoms with Crippen LogP contribution < -0.4 is 10.2 Å². The van der Waals surface area contributed by atoms with Crippen molar-refractivity contribution in [3.8, 4) is 0 Å². The number of hydrogen-bond acceptors (Lipinski definition) is 4. The summed E-state index contributed by atoms with van der Waals surface area (Å²) in [5, 5.41) is 11.4. The van der Waals surface area contributed by atoms with Gasteiger partial charge in [0.05, 0.1) is 6.20 Å². The summed E-state index contributed by atoms with van der Waals surface area (Å²) in [4.78, 5) is 23.2. The molecule has 20 heavy (non-hydrogen) atoms. The van der Waals surface area contributed by atoms with E-state index in [9.17, 15) is 9.59 Å². The molecule has 0 radical (unpaired) electrons. The van der Waals surface area contributed by atoms with Crippen LogP contribution in [0.25, 0.3) is 0 Å². The molecule has 0 saturated heterocycles. The second-order valence-corrected chi connectivity index (χ2v) is 5.52. The Bertz CT molecular complexity index is 641. The predicted molar refractivity (Wildman–Crippen MR) is 78.0 cm³/mol. The van der Waals surface area contributed by atoms with Crippen molar-refractivity contribution in [3.05, 3.63) is 38.2 Å². The van der Waals surface area contributed by atoms with Gasteiger partial charge >= 0.3 is 4.87 Å². The normalized spacial score (nSPS) is 10.7. The molecule has 0 fully saturated rings. The van der Waals surface area contributed by atoms with E-state index in [1.54, 1.807) is 5.38 Å². The Hall–Kier alpha value is -1.89. The first-order valence-electron chi connectivity index (χ1n) is 6.48. The summed E-state index contributed by atoms with van der Waals surface area (Å²) in [7, 11) is 0. The Morgan fingerprint density at radius 2 is 2.30 bits per heavy atom. The molecular weight excluding hydrogens is 276 g/mol. The SMILES string of the molecule is Cc1[nH]ncc1CCCNC(=O)Cn1c(C)csc1=O. The van der Waals surface area contributed by atoms with Crippen molar-refractivity contribution < 1.29 is 4.79 Å². The lowest BCUT2D eigenvalue weighted by Crippen LogP contribution is -2.31. The Morgan fingerprint density at radius 3 is 2.90 bits per heavy atom. The molecule has 0 spiro atoms. The number of carbonyl (C=O) groups is 1. The lowest BCUT2D eigenvalue weighted by atomic mass is 10.1. The Balaban J connectivity index is 1.73. The van der Waals surface area contributed by atoms with Crippen LogP contribution in [0.5, 0.6) is 0 Å². The van der Waals surface area contributed by atoms with Crippen molar-refractivity contribution in [1.29, 1.82) is 0 Å². The van der Waals surface area contributed by atoms with Gasteiger partial charge in [-0.05, 0) is 32.3 Å². The Kier molecular flexibility index (Phi) is 4.73. The molecule has 0 aliphatic heterocycles. The summed E-state index contributed by atoms with van der Waals surface area (Å²) in [6.07, 6.45) is 3.54. The van der Waals surface area contributed by atoms with Crippen molar-refractivity contribution in [2.75, 3.05) is 6.54 Å². The third kappa shape index (κ3) is 3.57. The van der Waals surface area contributed by atoms with Crippen LogP contribution in [0.1, 0.15) is 23.4 Å². The van der Waals surface area contributed by atoms with Crippen LogP contribution in [0.3, 0.4) is 0 Å². The van der Waals surface area contributed by atoms with Gasteiger partial charge in [-0.2, -0.15) is 5.10 Å². The monoisotopic (exact) mass is 294 g/mol. The van der Waals surface area contributed by atoms with Crippen molar-refractivity contribution in [2.24, 2.45) is 0 Å². The lowest BCUT2D eigenvalue weighted by Gasteiger charge is -2.06. The quantitative estimate of drug-likeness (QED) is 0.780. The molecule has 2 rings (SSSR count). The van der Waals surface area contributed by atoms with Gasteiger partial charge in [0.25, 0.3) is 0 Å². The van der Waals surface area contributed by atoms with Gasteiger partial charge in [0.15, 0.2) is 0 Å². The molecule has 108 valence electrons. The van der Waals surface area contributed by atoms with E-state index >= 15 is 0 Å².